The van der Waals surface area contributed by atoms with Gasteiger partial charge >= 0.3 is 0 Å². The molecular weight excluding hydrogens is 254 g/mol. The van der Waals surface area contributed by atoms with Gasteiger partial charge in [-0.15, -0.1) is 0 Å². The zero-order valence-electron chi connectivity index (χ0n) is 12.0. The summed E-state index contributed by atoms with van der Waals surface area (Å²) in [5.41, 5.74) is 2.27. The van der Waals surface area contributed by atoms with E-state index in [1.807, 2.05) is 37.0 Å². The predicted octanol–water partition coefficient (Wildman–Crippen LogP) is 1.87. The van der Waals surface area contributed by atoms with E-state index >= 15 is 0 Å². The summed E-state index contributed by atoms with van der Waals surface area (Å²) in [7, 11) is 5.56. The number of aryl methyl sites for hydroxylation is 1. The molecule has 3 rings (SSSR count). The zero-order valence-corrected chi connectivity index (χ0v) is 12.0. The van der Waals surface area contributed by atoms with Crippen molar-refractivity contribution < 1.29 is 9.47 Å². The van der Waals surface area contributed by atoms with Crippen LogP contribution in [0.25, 0.3) is 0 Å². The summed E-state index contributed by atoms with van der Waals surface area (Å²) in [5, 5.41) is 7.68. The van der Waals surface area contributed by atoms with Crippen molar-refractivity contribution in [1.29, 1.82) is 0 Å². The van der Waals surface area contributed by atoms with E-state index in [1.165, 1.54) is 5.56 Å². The zero-order chi connectivity index (χ0) is 14.1. The number of benzene rings is 1. The van der Waals surface area contributed by atoms with Crippen molar-refractivity contribution in [2.24, 2.45) is 7.05 Å². The van der Waals surface area contributed by atoms with Gasteiger partial charge in [0.15, 0.2) is 5.75 Å². The van der Waals surface area contributed by atoms with Crippen LogP contribution in [0.1, 0.15) is 23.2 Å². The molecule has 2 heterocycles. The highest BCUT2D eigenvalue weighted by molar-refractivity contribution is 5.43. The van der Waals surface area contributed by atoms with E-state index in [4.69, 9.17) is 9.47 Å². The molecule has 5 nitrogen and oxygen atoms in total. The van der Waals surface area contributed by atoms with Crippen LogP contribution in [0.15, 0.2) is 30.5 Å². The fourth-order valence-corrected chi connectivity index (χ4v) is 2.93. The average Bonchev–Trinajstić information content (AvgIpc) is 3.06. The van der Waals surface area contributed by atoms with E-state index in [9.17, 15) is 0 Å². The molecule has 0 radical (unpaired) electrons. The van der Waals surface area contributed by atoms with Crippen LogP contribution in [0.3, 0.4) is 0 Å². The van der Waals surface area contributed by atoms with Gasteiger partial charge in [-0.05, 0) is 13.1 Å². The van der Waals surface area contributed by atoms with Gasteiger partial charge in [-0.25, -0.2) is 0 Å². The lowest BCUT2D eigenvalue weighted by Gasteiger charge is -2.23. The summed E-state index contributed by atoms with van der Waals surface area (Å²) in [5.74, 6) is 2.02. The van der Waals surface area contributed by atoms with Crippen molar-refractivity contribution in [3.8, 4) is 11.5 Å². The first-order chi connectivity index (χ1) is 9.76. The lowest BCUT2D eigenvalue weighted by molar-refractivity contribution is 0.296. The molecule has 106 valence electrons. The van der Waals surface area contributed by atoms with Gasteiger partial charge in [0, 0.05) is 18.5 Å². The van der Waals surface area contributed by atoms with Crippen LogP contribution in [0.5, 0.6) is 11.5 Å². The minimum absolute atomic E-state index is 0.0982. The van der Waals surface area contributed by atoms with Gasteiger partial charge in [-0.2, -0.15) is 5.10 Å². The molecule has 1 aliphatic heterocycles. The maximum atomic E-state index is 5.79. The van der Waals surface area contributed by atoms with E-state index in [0.29, 0.717) is 6.61 Å². The Balaban J connectivity index is 2.01. The number of rotatable bonds is 4. The smallest absolute Gasteiger partial charge is 0.161 e. The standard InChI is InChI=1S/C15H19N3O2/c1-16-14(15-13(19-3)8-17-18(15)2)11-9-20-12-7-5-4-6-10(11)12/h4-8,11,14,16H,9H2,1-3H3. The molecule has 1 N–H and O–H groups in total. The van der Waals surface area contributed by atoms with Gasteiger partial charge < -0.3 is 14.8 Å². The molecule has 0 fully saturated rings. The molecule has 1 aromatic carbocycles. The third kappa shape index (κ3) is 1.94. The Morgan fingerprint density at radius 2 is 2.25 bits per heavy atom. The molecule has 2 atom stereocenters. The number of fused-ring (bicyclic) bond motifs is 1. The third-order valence-electron chi connectivity index (χ3n) is 3.91. The highest BCUT2D eigenvalue weighted by Gasteiger charge is 2.34. The number of nitrogens with zero attached hydrogens (tertiary/aromatic N) is 2. The molecule has 0 saturated carbocycles. The lowest BCUT2D eigenvalue weighted by Crippen LogP contribution is -2.27. The van der Waals surface area contributed by atoms with Crippen molar-refractivity contribution in [3.63, 3.8) is 0 Å². The second kappa shape index (κ2) is 5.17. The fourth-order valence-electron chi connectivity index (χ4n) is 2.93. The van der Waals surface area contributed by atoms with E-state index < -0.39 is 0 Å². The van der Waals surface area contributed by atoms with Gasteiger partial charge in [-0.3, -0.25) is 4.68 Å². The number of hydrogen-bond donors (Lipinski definition) is 1. The van der Waals surface area contributed by atoms with Crippen LogP contribution in [-0.2, 0) is 7.05 Å². The molecular formula is C15H19N3O2. The second-order valence-corrected chi connectivity index (χ2v) is 4.94. The second-order valence-electron chi connectivity index (χ2n) is 4.94. The Kier molecular flexibility index (Phi) is 3.36. The lowest BCUT2D eigenvalue weighted by atomic mass is 9.91. The van der Waals surface area contributed by atoms with Crippen molar-refractivity contribution in [2.75, 3.05) is 20.8 Å². The minimum Gasteiger partial charge on any atom is -0.493 e. The number of aromatic nitrogens is 2. The van der Waals surface area contributed by atoms with Crippen LogP contribution in [0, 0.1) is 0 Å². The molecule has 0 saturated heterocycles. The third-order valence-corrected chi connectivity index (χ3v) is 3.91. The van der Waals surface area contributed by atoms with Crippen molar-refractivity contribution in [3.05, 3.63) is 41.7 Å². The summed E-state index contributed by atoms with van der Waals surface area (Å²) in [6, 6.07) is 8.29. The van der Waals surface area contributed by atoms with Gasteiger partial charge in [-0.1, -0.05) is 18.2 Å². The number of methoxy groups -OCH3 is 1. The maximum Gasteiger partial charge on any atom is 0.161 e. The average molecular weight is 273 g/mol. The molecule has 20 heavy (non-hydrogen) atoms. The van der Waals surface area contributed by atoms with Crippen LogP contribution < -0.4 is 14.8 Å². The number of likely N-dealkylation sites (N-methyl/N-ethyl adjacent to an activating group) is 1. The Morgan fingerprint density at radius 1 is 1.45 bits per heavy atom. The molecule has 2 unspecified atom stereocenters. The summed E-state index contributed by atoms with van der Waals surface area (Å²) >= 11 is 0. The summed E-state index contributed by atoms with van der Waals surface area (Å²) in [4.78, 5) is 0. The van der Waals surface area contributed by atoms with Crippen LogP contribution >= 0.6 is 0 Å². The largest absolute Gasteiger partial charge is 0.493 e. The highest BCUT2D eigenvalue weighted by Crippen LogP contribution is 2.42. The molecule has 1 aromatic heterocycles. The normalized spacial score (nSPS) is 18.4. The number of hydrogen-bond acceptors (Lipinski definition) is 4. The van der Waals surface area contributed by atoms with E-state index in [2.05, 4.69) is 16.5 Å². The number of ether oxygens (including phenoxy) is 2. The maximum absolute atomic E-state index is 5.79. The van der Waals surface area contributed by atoms with Crippen LogP contribution in [0.4, 0.5) is 0 Å². The molecule has 0 amide bonds. The first kappa shape index (κ1) is 13.0. The topological polar surface area (TPSA) is 48.3 Å². The first-order valence-corrected chi connectivity index (χ1v) is 6.71. The summed E-state index contributed by atoms with van der Waals surface area (Å²) in [6.07, 6.45) is 1.75. The number of para-hydroxylation sites is 1. The van der Waals surface area contributed by atoms with Gasteiger partial charge in [0.05, 0.1) is 31.6 Å². The fraction of sp³-hybridized carbons (Fsp3) is 0.400. The van der Waals surface area contributed by atoms with Crippen molar-refractivity contribution in [1.82, 2.24) is 15.1 Å². The van der Waals surface area contributed by atoms with Crippen LogP contribution in [0.2, 0.25) is 0 Å². The molecule has 1 aliphatic rings. The Labute approximate surface area is 118 Å². The molecule has 0 spiro atoms. The van der Waals surface area contributed by atoms with Crippen molar-refractivity contribution >= 4 is 0 Å². The van der Waals surface area contributed by atoms with Crippen molar-refractivity contribution in [2.45, 2.75) is 12.0 Å². The molecule has 0 aliphatic carbocycles. The molecule has 5 heteroatoms. The van der Waals surface area contributed by atoms with Gasteiger partial charge in [0.2, 0.25) is 0 Å². The summed E-state index contributed by atoms with van der Waals surface area (Å²) < 4.78 is 13.1. The van der Waals surface area contributed by atoms with Crippen LogP contribution in [-0.4, -0.2) is 30.5 Å². The highest BCUT2D eigenvalue weighted by atomic mass is 16.5. The predicted molar refractivity (Wildman–Crippen MR) is 76.2 cm³/mol. The minimum atomic E-state index is 0.0982. The van der Waals surface area contributed by atoms with E-state index in [0.717, 1.165) is 17.2 Å². The van der Waals surface area contributed by atoms with E-state index in [-0.39, 0.29) is 12.0 Å². The van der Waals surface area contributed by atoms with Gasteiger partial charge in [0.1, 0.15) is 5.75 Å². The number of nitrogens with one attached hydrogen (secondary N) is 1. The Morgan fingerprint density at radius 3 is 3.00 bits per heavy atom. The quantitative estimate of drug-likeness (QED) is 0.924. The Hall–Kier alpha value is -2.01. The Bertz CT molecular complexity index is 609. The SMILES string of the molecule is CNC(c1c(OC)cnn1C)C1COc2ccccc21. The van der Waals surface area contributed by atoms with Gasteiger partial charge in [0.25, 0.3) is 0 Å². The monoisotopic (exact) mass is 273 g/mol. The molecule has 0 bridgehead atoms. The summed E-state index contributed by atoms with van der Waals surface area (Å²) in [6.45, 7) is 0.666. The van der Waals surface area contributed by atoms with E-state index in [1.54, 1.807) is 13.3 Å². The first-order valence-electron chi connectivity index (χ1n) is 6.71. The molecule has 2 aromatic rings.